The van der Waals surface area contributed by atoms with Crippen molar-refractivity contribution < 1.29 is 19.4 Å². The lowest BCUT2D eigenvalue weighted by atomic mass is 10.0. The zero-order valence-electron chi connectivity index (χ0n) is 13.8. The van der Waals surface area contributed by atoms with Crippen LogP contribution in [0.15, 0.2) is 9.98 Å². The van der Waals surface area contributed by atoms with Gasteiger partial charge in [-0.15, -0.1) is 11.3 Å². The van der Waals surface area contributed by atoms with Crippen LogP contribution in [0.3, 0.4) is 0 Å². The molecule has 1 N–H and O–H groups in total. The Morgan fingerprint density at radius 3 is 2.70 bits per heavy atom. The Balaban J connectivity index is 2.61. The van der Waals surface area contributed by atoms with Crippen LogP contribution in [0.2, 0.25) is 0 Å². The molecule has 1 heterocycles. The SMILES string of the molecule is CCOC(=O)C(OC(C)(C)C)c1c(C)cc2nc(Br)sc2c1O. The van der Waals surface area contributed by atoms with Gasteiger partial charge in [0.15, 0.2) is 10.0 Å². The summed E-state index contributed by atoms with van der Waals surface area (Å²) >= 11 is 4.63. The summed E-state index contributed by atoms with van der Waals surface area (Å²) in [5.74, 6) is -0.491. The van der Waals surface area contributed by atoms with E-state index < -0.39 is 17.7 Å². The Morgan fingerprint density at radius 1 is 1.48 bits per heavy atom. The van der Waals surface area contributed by atoms with E-state index in [1.54, 1.807) is 6.92 Å². The molecular formula is C16H20BrNO4S. The molecule has 126 valence electrons. The van der Waals surface area contributed by atoms with Crippen LogP contribution in [-0.4, -0.2) is 28.3 Å². The van der Waals surface area contributed by atoms with Crippen molar-refractivity contribution in [1.29, 1.82) is 0 Å². The molecule has 2 aromatic rings. The third-order valence-corrected chi connectivity index (χ3v) is 4.64. The maximum Gasteiger partial charge on any atom is 0.340 e. The van der Waals surface area contributed by atoms with Crippen molar-refractivity contribution in [2.45, 2.75) is 46.3 Å². The average molecular weight is 402 g/mol. The fourth-order valence-electron chi connectivity index (χ4n) is 2.29. The Labute approximate surface area is 147 Å². The lowest BCUT2D eigenvalue weighted by Gasteiger charge is -2.27. The van der Waals surface area contributed by atoms with Crippen LogP contribution in [0.4, 0.5) is 0 Å². The molecule has 0 radical (unpaired) electrons. The van der Waals surface area contributed by atoms with E-state index in [-0.39, 0.29) is 12.4 Å². The average Bonchev–Trinajstić information content (AvgIpc) is 2.77. The number of ether oxygens (including phenoxy) is 2. The molecule has 0 bridgehead atoms. The molecule has 0 aliphatic carbocycles. The summed E-state index contributed by atoms with van der Waals surface area (Å²) in [6.45, 7) is 9.37. The molecule has 0 amide bonds. The molecule has 1 aromatic carbocycles. The number of hydrogen-bond donors (Lipinski definition) is 1. The molecule has 0 aliphatic heterocycles. The highest BCUT2D eigenvalue weighted by Crippen LogP contribution is 2.42. The van der Waals surface area contributed by atoms with E-state index in [4.69, 9.17) is 9.47 Å². The monoisotopic (exact) mass is 401 g/mol. The molecule has 23 heavy (non-hydrogen) atoms. The van der Waals surface area contributed by atoms with Crippen molar-refractivity contribution in [3.8, 4) is 5.75 Å². The number of thiazole rings is 1. The predicted molar refractivity (Wildman–Crippen MR) is 93.9 cm³/mol. The highest BCUT2D eigenvalue weighted by Gasteiger charge is 2.33. The van der Waals surface area contributed by atoms with Crippen LogP contribution in [0.1, 0.15) is 44.9 Å². The van der Waals surface area contributed by atoms with Crippen molar-refractivity contribution in [1.82, 2.24) is 4.98 Å². The number of halogens is 1. The number of aromatic nitrogens is 1. The largest absolute Gasteiger partial charge is 0.506 e. The molecule has 2 rings (SSSR count). The van der Waals surface area contributed by atoms with Gasteiger partial charge in [0.25, 0.3) is 0 Å². The highest BCUT2D eigenvalue weighted by atomic mass is 79.9. The summed E-state index contributed by atoms with van der Waals surface area (Å²) in [5.41, 5.74) is 1.27. The van der Waals surface area contributed by atoms with Gasteiger partial charge in [-0.05, 0) is 62.2 Å². The second-order valence-corrected chi connectivity index (χ2v) is 8.41. The lowest BCUT2D eigenvalue weighted by molar-refractivity contribution is -0.167. The molecule has 0 saturated carbocycles. The number of carbonyl (C=O) groups excluding carboxylic acids is 1. The molecule has 0 aliphatic rings. The van der Waals surface area contributed by atoms with Gasteiger partial charge in [0.1, 0.15) is 5.75 Å². The Kier molecular flexibility index (Phi) is 5.33. The first kappa shape index (κ1) is 18.2. The number of benzene rings is 1. The number of aromatic hydroxyl groups is 1. The van der Waals surface area contributed by atoms with Crippen molar-refractivity contribution in [2.24, 2.45) is 0 Å². The summed E-state index contributed by atoms with van der Waals surface area (Å²) in [7, 11) is 0. The zero-order chi connectivity index (χ0) is 17.4. The number of aryl methyl sites for hydroxylation is 1. The maximum atomic E-state index is 12.4. The second-order valence-electron chi connectivity index (χ2n) is 6.13. The molecule has 7 heteroatoms. The van der Waals surface area contributed by atoms with E-state index in [0.29, 0.717) is 19.7 Å². The quantitative estimate of drug-likeness (QED) is 0.764. The van der Waals surface area contributed by atoms with Crippen LogP contribution < -0.4 is 0 Å². The summed E-state index contributed by atoms with van der Waals surface area (Å²) in [6, 6.07) is 1.84. The zero-order valence-corrected chi connectivity index (χ0v) is 16.2. The second kappa shape index (κ2) is 6.75. The number of esters is 1. The number of rotatable bonds is 4. The summed E-state index contributed by atoms with van der Waals surface area (Å²) in [5, 5.41) is 10.7. The van der Waals surface area contributed by atoms with Gasteiger partial charge >= 0.3 is 5.97 Å². The van der Waals surface area contributed by atoms with E-state index in [2.05, 4.69) is 20.9 Å². The first-order valence-electron chi connectivity index (χ1n) is 7.27. The maximum absolute atomic E-state index is 12.4. The van der Waals surface area contributed by atoms with Crippen LogP contribution in [0.5, 0.6) is 5.75 Å². The van der Waals surface area contributed by atoms with Gasteiger partial charge in [-0.3, -0.25) is 0 Å². The van der Waals surface area contributed by atoms with Gasteiger partial charge in [0, 0.05) is 5.56 Å². The number of phenols is 1. The van der Waals surface area contributed by atoms with Crippen molar-refractivity contribution in [3.05, 3.63) is 21.1 Å². The molecule has 1 unspecified atom stereocenters. The van der Waals surface area contributed by atoms with E-state index in [1.807, 2.05) is 33.8 Å². The predicted octanol–water partition coefficient (Wildman–Crippen LogP) is 4.49. The van der Waals surface area contributed by atoms with Gasteiger partial charge in [-0.1, -0.05) is 0 Å². The molecule has 0 saturated heterocycles. The Morgan fingerprint density at radius 2 is 2.13 bits per heavy atom. The first-order chi connectivity index (χ1) is 10.6. The van der Waals surface area contributed by atoms with Gasteiger partial charge in [0.2, 0.25) is 0 Å². The standard InChI is InChI=1S/C16H20BrNO4S/c1-6-21-14(20)12(22-16(3,4)5)10-8(2)7-9-13(11(10)19)23-15(17)18-9/h7,12,19H,6H2,1-5H3. The van der Waals surface area contributed by atoms with Crippen molar-refractivity contribution in [3.63, 3.8) is 0 Å². The molecule has 5 nitrogen and oxygen atoms in total. The first-order valence-corrected chi connectivity index (χ1v) is 8.88. The van der Waals surface area contributed by atoms with E-state index in [0.717, 1.165) is 5.56 Å². The number of hydrogen-bond acceptors (Lipinski definition) is 6. The minimum atomic E-state index is -0.986. The smallest absolute Gasteiger partial charge is 0.340 e. The van der Waals surface area contributed by atoms with Crippen LogP contribution in [-0.2, 0) is 14.3 Å². The Hall–Kier alpha value is -1.18. The highest BCUT2D eigenvalue weighted by molar-refractivity contribution is 9.11. The van der Waals surface area contributed by atoms with E-state index >= 15 is 0 Å². The lowest BCUT2D eigenvalue weighted by Crippen LogP contribution is -2.29. The third-order valence-electron chi connectivity index (χ3n) is 3.11. The summed E-state index contributed by atoms with van der Waals surface area (Å²) in [4.78, 5) is 16.7. The normalized spacial score (nSPS) is 13.3. The minimum Gasteiger partial charge on any atom is -0.506 e. The van der Waals surface area contributed by atoms with E-state index in [1.165, 1.54) is 11.3 Å². The molecular weight excluding hydrogens is 382 g/mol. The number of carbonyl (C=O) groups is 1. The van der Waals surface area contributed by atoms with E-state index in [9.17, 15) is 9.90 Å². The van der Waals surface area contributed by atoms with Gasteiger partial charge in [-0.25, -0.2) is 9.78 Å². The van der Waals surface area contributed by atoms with Gasteiger partial charge in [0.05, 0.1) is 22.4 Å². The fraction of sp³-hybridized carbons (Fsp3) is 0.500. The molecule has 0 fully saturated rings. The van der Waals surface area contributed by atoms with Gasteiger partial charge < -0.3 is 14.6 Å². The summed E-state index contributed by atoms with van der Waals surface area (Å²) < 4.78 is 12.3. The minimum absolute atomic E-state index is 0.0190. The molecule has 0 spiro atoms. The fourth-order valence-corrected chi connectivity index (χ4v) is 3.70. The Bertz CT molecular complexity index is 736. The molecule has 1 aromatic heterocycles. The van der Waals surface area contributed by atoms with Gasteiger partial charge in [-0.2, -0.15) is 0 Å². The number of nitrogens with zero attached hydrogens (tertiary/aromatic N) is 1. The summed E-state index contributed by atoms with van der Waals surface area (Å²) in [6.07, 6.45) is -0.986. The van der Waals surface area contributed by atoms with Crippen LogP contribution in [0, 0.1) is 6.92 Å². The van der Waals surface area contributed by atoms with Crippen molar-refractivity contribution in [2.75, 3.05) is 6.61 Å². The third kappa shape index (κ3) is 4.02. The topological polar surface area (TPSA) is 68.7 Å². The molecule has 1 atom stereocenters. The number of phenolic OH excluding ortho intramolecular Hbond substituents is 1. The number of fused-ring (bicyclic) bond motifs is 1. The van der Waals surface area contributed by atoms with Crippen LogP contribution >= 0.6 is 27.3 Å². The van der Waals surface area contributed by atoms with Crippen molar-refractivity contribution >= 4 is 43.5 Å². The van der Waals surface area contributed by atoms with Crippen LogP contribution in [0.25, 0.3) is 10.2 Å².